The van der Waals surface area contributed by atoms with E-state index in [1.54, 1.807) is 4.90 Å². The Labute approximate surface area is 134 Å². The van der Waals surface area contributed by atoms with Crippen LogP contribution < -0.4 is 4.90 Å². The van der Waals surface area contributed by atoms with Crippen molar-refractivity contribution >= 4 is 39.7 Å². The van der Waals surface area contributed by atoms with Crippen LogP contribution in [-0.4, -0.2) is 28.0 Å². The summed E-state index contributed by atoms with van der Waals surface area (Å²) in [5, 5.41) is 2.94. The van der Waals surface area contributed by atoms with Crippen LogP contribution in [0, 0.1) is 5.92 Å². The van der Waals surface area contributed by atoms with E-state index in [-0.39, 0.29) is 11.9 Å². The Kier molecular flexibility index (Phi) is 2.46. The molecule has 0 spiro atoms. The number of thiocarbonyl (C=S) groups is 1. The summed E-state index contributed by atoms with van der Waals surface area (Å²) in [6, 6.07) is 14.7. The molecular formula is C18H16N2OS. The predicted molar refractivity (Wildman–Crippen MR) is 90.8 cm³/mol. The lowest BCUT2D eigenvalue weighted by molar-refractivity contribution is -0.120. The molecule has 3 nitrogen and oxygen atoms in total. The Morgan fingerprint density at radius 1 is 1.05 bits per heavy atom. The molecule has 0 radical (unpaired) electrons. The fourth-order valence-corrected chi connectivity index (χ4v) is 5.00. The monoisotopic (exact) mass is 308 g/mol. The summed E-state index contributed by atoms with van der Waals surface area (Å²) in [6.45, 7) is 0. The molecule has 2 aromatic rings. The first-order chi connectivity index (χ1) is 10.8. The van der Waals surface area contributed by atoms with E-state index in [0.29, 0.717) is 17.1 Å². The first-order valence-electron chi connectivity index (χ1n) is 7.90. The zero-order valence-electron chi connectivity index (χ0n) is 12.1. The van der Waals surface area contributed by atoms with E-state index in [1.807, 2.05) is 24.3 Å². The number of hydrogen-bond acceptors (Lipinski definition) is 2. The van der Waals surface area contributed by atoms with Gasteiger partial charge in [-0.1, -0.05) is 36.4 Å². The maximum atomic E-state index is 13.0. The highest BCUT2D eigenvalue weighted by Gasteiger charge is 2.57. The average Bonchev–Trinajstić information content (AvgIpc) is 3.21. The molecule has 2 unspecified atom stereocenters. The van der Waals surface area contributed by atoms with Crippen molar-refractivity contribution in [2.45, 2.75) is 31.3 Å². The van der Waals surface area contributed by atoms with Gasteiger partial charge in [0.15, 0.2) is 5.11 Å². The minimum absolute atomic E-state index is 0.00906. The third kappa shape index (κ3) is 1.46. The molecule has 110 valence electrons. The Hall–Kier alpha value is -1.94. The lowest BCUT2D eigenvalue weighted by atomic mass is 9.99. The molecule has 2 aromatic carbocycles. The van der Waals surface area contributed by atoms with Crippen LogP contribution in [0.2, 0.25) is 0 Å². The van der Waals surface area contributed by atoms with Gasteiger partial charge < -0.3 is 4.90 Å². The summed E-state index contributed by atoms with van der Waals surface area (Å²) in [4.78, 5) is 17.0. The number of fused-ring (bicyclic) bond motifs is 6. The largest absolute Gasteiger partial charge is 0.333 e. The van der Waals surface area contributed by atoms with Gasteiger partial charge in [0, 0.05) is 11.4 Å². The van der Waals surface area contributed by atoms with Gasteiger partial charge in [-0.15, -0.1) is 0 Å². The first-order valence-corrected chi connectivity index (χ1v) is 8.30. The molecule has 3 atom stereocenters. The number of rotatable bonds is 1. The minimum Gasteiger partial charge on any atom is -0.333 e. The molecule has 2 bridgehead atoms. The van der Waals surface area contributed by atoms with Gasteiger partial charge in [0.1, 0.15) is 6.04 Å². The van der Waals surface area contributed by atoms with Gasteiger partial charge in [0.05, 0.1) is 5.69 Å². The Morgan fingerprint density at radius 2 is 1.86 bits per heavy atom. The highest BCUT2D eigenvalue weighted by atomic mass is 32.1. The summed E-state index contributed by atoms with van der Waals surface area (Å²) < 4.78 is 0. The number of nitrogens with zero attached hydrogens (tertiary/aromatic N) is 2. The van der Waals surface area contributed by atoms with Gasteiger partial charge in [-0.25, -0.2) is 0 Å². The Balaban J connectivity index is 1.66. The standard InChI is InChI=1S/C18H16N2OS/c21-17-16-12-8-9-13(10-12)19(16)18(22)20(17)15-7-3-5-11-4-1-2-6-14(11)15/h1-7,12-13,16H,8-10H2/t12?,13?,16-/m0/s1. The number of anilines is 1. The van der Waals surface area contributed by atoms with Crippen molar-refractivity contribution in [3.63, 3.8) is 0 Å². The SMILES string of the molecule is O=C1[C@@H]2C3CCC(C3)N2C(=S)N1c1cccc2ccccc12. The summed E-state index contributed by atoms with van der Waals surface area (Å²) in [6.07, 6.45) is 3.49. The van der Waals surface area contributed by atoms with Crippen molar-refractivity contribution in [1.82, 2.24) is 4.90 Å². The molecule has 5 rings (SSSR count). The summed E-state index contributed by atoms with van der Waals surface area (Å²) in [5.41, 5.74) is 0.932. The third-order valence-corrected chi connectivity index (χ3v) is 5.87. The lowest BCUT2D eigenvalue weighted by Gasteiger charge is -2.28. The highest BCUT2D eigenvalue weighted by Crippen LogP contribution is 2.47. The summed E-state index contributed by atoms with van der Waals surface area (Å²) in [7, 11) is 0. The highest BCUT2D eigenvalue weighted by molar-refractivity contribution is 7.80. The van der Waals surface area contributed by atoms with Crippen molar-refractivity contribution in [2.75, 3.05) is 4.90 Å². The van der Waals surface area contributed by atoms with Crippen LogP contribution in [-0.2, 0) is 4.79 Å². The van der Waals surface area contributed by atoms with E-state index >= 15 is 0 Å². The van der Waals surface area contributed by atoms with Crippen molar-refractivity contribution in [3.05, 3.63) is 42.5 Å². The molecule has 2 heterocycles. The van der Waals surface area contributed by atoms with E-state index in [1.165, 1.54) is 12.8 Å². The molecule has 1 amide bonds. The van der Waals surface area contributed by atoms with Crippen LogP contribution in [0.25, 0.3) is 10.8 Å². The lowest BCUT2D eigenvalue weighted by Crippen LogP contribution is -2.40. The van der Waals surface area contributed by atoms with Gasteiger partial charge in [0.25, 0.3) is 5.91 Å². The number of amides is 1. The Bertz CT molecular complexity index is 784. The van der Waals surface area contributed by atoms with Crippen LogP contribution in [0.5, 0.6) is 0 Å². The zero-order valence-corrected chi connectivity index (χ0v) is 12.9. The van der Waals surface area contributed by atoms with Crippen LogP contribution in [0.3, 0.4) is 0 Å². The van der Waals surface area contributed by atoms with Gasteiger partial charge in [0.2, 0.25) is 0 Å². The van der Waals surface area contributed by atoms with Crippen LogP contribution in [0.1, 0.15) is 19.3 Å². The molecule has 3 fully saturated rings. The number of piperidine rings is 1. The van der Waals surface area contributed by atoms with E-state index < -0.39 is 0 Å². The third-order valence-electron chi connectivity index (χ3n) is 5.48. The number of carbonyl (C=O) groups excluding carboxylic acids is 1. The number of carbonyl (C=O) groups is 1. The van der Waals surface area contributed by atoms with E-state index in [0.717, 1.165) is 22.9 Å². The first kappa shape index (κ1) is 12.6. The van der Waals surface area contributed by atoms with Gasteiger partial charge >= 0.3 is 0 Å². The van der Waals surface area contributed by atoms with E-state index in [2.05, 4.69) is 23.1 Å². The van der Waals surface area contributed by atoms with Crippen LogP contribution >= 0.6 is 12.2 Å². The molecule has 0 aromatic heterocycles. The molecule has 22 heavy (non-hydrogen) atoms. The Morgan fingerprint density at radius 3 is 2.73 bits per heavy atom. The van der Waals surface area contributed by atoms with Crippen molar-refractivity contribution in [2.24, 2.45) is 5.92 Å². The average molecular weight is 308 g/mol. The fourth-order valence-electron chi connectivity index (χ4n) is 4.55. The van der Waals surface area contributed by atoms with Gasteiger partial charge in [-0.3, -0.25) is 9.69 Å². The molecule has 2 saturated heterocycles. The summed E-state index contributed by atoms with van der Waals surface area (Å²) >= 11 is 5.70. The summed E-state index contributed by atoms with van der Waals surface area (Å²) in [5.74, 6) is 0.670. The molecule has 1 saturated carbocycles. The number of benzene rings is 2. The fraction of sp³-hybridized carbons (Fsp3) is 0.333. The molecule has 1 aliphatic carbocycles. The zero-order chi connectivity index (χ0) is 14.8. The van der Waals surface area contributed by atoms with E-state index in [9.17, 15) is 4.79 Å². The maximum absolute atomic E-state index is 13.0. The second-order valence-electron chi connectivity index (χ2n) is 6.53. The molecular weight excluding hydrogens is 292 g/mol. The quantitative estimate of drug-likeness (QED) is 0.755. The van der Waals surface area contributed by atoms with Crippen molar-refractivity contribution < 1.29 is 4.79 Å². The normalized spacial score (nSPS) is 29.7. The molecule has 2 aliphatic heterocycles. The molecule has 0 N–H and O–H groups in total. The van der Waals surface area contributed by atoms with Gasteiger partial charge in [-0.05, 0) is 48.9 Å². The van der Waals surface area contributed by atoms with Crippen LogP contribution in [0.15, 0.2) is 42.5 Å². The second-order valence-corrected chi connectivity index (χ2v) is 6.90. The molecule has 4 heteroatoms. The van der Waals surface area contributed by atoms with Crippen molar-refractivity contribution in [3.8, 4) is 0 Å². The van der Waals surface area contributed by atoms with E-state index in [4.69, 9.17) is 12.2 Å². The van der Waals surface area contributed by atoms with Crippen LogP contribution in [0.4, 0.5) is 5.69 Å². The smallest absolute Gasteiger partial charge is 0.256 e. The predicted octanol–water partition coefficient (Wildman–Crippen LogP) is 3.32. The molecule has 3 aliphatic rings. The maximum Gasteiger partial charge on any atom is 0.256 e. The van der Waals surface area contributed by atoms with Crippen molar-refractivity contribution in [1.29, 1.82) is 0 Å². The second kappa shape index (κ2) is 4.29. The van der Waals surface area contributed by atoms with Gasteiger partial charge in [-0.2, -0.15) is 0 Å². The topological polar surface area (TPSA) is 23.6 Å². The number of hydrogen-bond donors (Lipinski definition) is 0. The minimum atomic E-state index is -0.00906.